The second-order valence-electron chi connectivity index (χ2n) is 8.44. The summed E-state index contributed by atoms with van der Waals surface area (Å²) in [4.78, 5) is 20.6. The predicted molar refractivity (Wildman–Crippen MR) is 126 cm³/mol. The predicted octanol–water partition coefficient (Wildman–Crippen LogP) is 3.12. The van der Waals surface area contributed by atoms with Gasteiger partial charge >= 0.3 is 0 Å². The standard InChI is InChI=1S/C24H26N8/c1-2-21-20(13-17(1)14-23-28-16-29-30-23)18(15-27-21)5-8-31-9-11-32(12-10-31)24-19-3-6-25-22(19)4-7-26-24/h1-4,6-7,13,15-16,25,27H,5,8-12,14H2,(H,28,29,30). The molecule has 162 valence electrons. The van der Waals surface area contributed by atoms with E-state index in [1.165, 1.54) is 27.4 Å². The van der Waals surface area contributed by atoms with Crippen LogP contribution in [0.3, 0.4) is 0 Å². The number of aromatic amines is 3. The first kappa shape index (κ1) is 19.1. The van der Waals surface area contributed by atoms with E-state index in [0.717, 1.165) is 62.7 Å². The van der Waals surface area contributed by atoms with Gasteiger partial charge in [0.15, 0.2) is 5.82 Å². The molecule has 3 N–H and O–H groups in total. The minimum absolute atomic E-state index is 0.744. The van der Waals surface area contributed by atoms with E-state index in [1.807, 2.05) is 18.5 Å². The molecule has 32 heavy (non-hydrogen) atoms. The van der Waals surface area contributed by atoms with E-state index in [0.29, 0.717) is 0 Å². The van der Waals surface area contributed by atoms with Crippen LogP contribution in [-0.4, -0.2) is 67.8 Å². The Balaban J connectivity index is 1.10. The van der Waals surface area contributed by atoms with Crippen molar-refractivity contribution < 1.29 is 0 Å². The molecule has 0 aliphatic carbocycles. The Kier molecular flexibility index (Phi) is 4.84. The number of H-pyrrole nitrogens is 3. The Labute approximate surface area is 185 Å². The van der Waals surface area contributed by atoms with Crippen LogP contribution in [0.5, 0.6) is 0 Å². The number of hydrogen-bond acceptors (Lipinski definition) is 5. The van der Waals surface area contributed by atoms with E-state index in [9.17, 15) is 0 Å². The molecule has 5 aromatic rings. The van der Waals surface area contributed by atoms with E-state index in [2.05, 4.69) is 70.4 Å². The van der Waals surface area contributed by atoms with Crippen LogP contribution in [0.1, 0.15) is 17.0 Å². The molecule has 1 aromatic carbocycles. The van der Waals surface area contributed by atoms with Gasteiger partial charge in [-0.25, -0.2) is 9.97 Å². The van der Waals surface area contributed by atoms with Gasteiger partial charge in [-0.2, -0.15) is 5.10 Å². The SMILES string of the molecule is c1cc2[nH]ccc2c(N2CCN(CCc3c[nH]c4ccc(Cc5nc[nH]n5)cc34)CC2)n1. The second kappa shape index (κ2) is 8.12. The van der Waals surface area contributed by atoms with Gasteiger partial charge in [-0.05, 0) is 41.8 Å². The summed E-state index contributed by atoms with van der Waals surface area (Å²) in [5.74, 6) is 1.92. The molecule has 1 fully saturated rings. The molecule has 1 aliphatic rings. The molecule has 0 atom stereocenters. The minimum Gasteiger partial charge on any atom is -0.361 e. The maximum atomic E-state index is 4.66. The molecule has 1 aliphatic heterocycles. The second-order valence-corrected chi connectivity index (χ2v) is 8.44. The fraction of sp³-hybridized carbons (Fsp3) is 0.292. The summed E-state index contributed by atoms with van der Waals surface area (Å²) in [6, 6.07) is 10.7. The zero-order valence-electron chi connectivity index (χ0n) is 17.9. The molecule has 8 heteroatoms. The van der Waals surface area contributed by atoms with Crippen molar-refractivity contribution in [3.05, 3.63) is 72.2 Å². The monoisotopic (exact) mass is 426 g/mol. The molecule has 0 unspecified atom stereocenters. The third kappa shape index (κ3) is 3.62. The van der Waals surface area contributed by atoms with Crippen molar-refractivity contribution in [3.63, 3.8) is 0 Å². The van der Waals surface area contributed by atoms with Crippen molar-refractivity contribution in [2.45, 2.75) is 12.8 Å². The molecule has 5 heterocycles. The summed E-state index contributed by atoms with van der Waals surface area (Å²) in [6.45, 7) is 5.19. The van der Waals surface area contributed by atoms with Gasteiger partial charge < -0.3 is 14.9 Å². The molecular formula is C24H26N8. The zero-order chi connectivity index (χ0) is 21.3. The van der Waals surface area contributed by atoms with Gasteiger partial charge in [0.2, 0.25) is 0 Å². The maximum absolute atomic E-state index is 4.66. The third-order valence-electron chi connectivity index (χ3n) is 6.49. The Morgan fingerprint density at radius 2 is 1.81 bits per heavy atom. The first-order valence-corrected chi connectivity index (χ1v) is 11.2. The Morgan fingerprint density at radius 3 is 2.69 bits per heavy atom. The highest BCUT2D eigenvalue weighted by Crippen LogP contribution is 2.25. The average molecular weight is 427 g/mol. The molecule has 0 bridgehead atoms. The molecule has 8 nitrogen and oxygen atoms in total. The highest BCUT2D eigenvalue weighted by molar-refractivity contribution is 5.90. The van der Waals surface area contributed by atoms with Gasteiger partial charge in [0.25, 0.3) is 0 Å². The maximum Gasteiger partial charge on any atom is 0.154 e. The fourth-order valence-corrected chi connectivity index (χ4v) is 4.73. The van der Waals surface area contributed by atoms with Crippen molar-refractivity contribution in [3.8, 4) is 0 Å². The number of anilines is 1. The summed E-state index contributed by atoms with van der Waals surface area (Å²) in [6.07, 6.45) is 9.46. The molecular weight excluding hydrogens is 400 g/mol. The molecule has 0 spiro atoms. The van der Waals surface area contributed by atoms with Crippen LogP contribution in [0.2, 0.25) is 0 Å². The lowest BCUT2D eigenvalue weighted by atomic mass is 10.0. The van der Waals surface area contributed by atoms with Gasteiger partial charge in [0, 0.05) is 74.0 Å². The van der Waals surface area contributed by atoms with Crippen molar-refractivity contribution in [1.82, 2.24) is 35.0 Å². The largest absolute Gasteiger partial charge is 0.361 e. The summed E-state index contributed by atoms with van der Waals surface area (Å²) in [7, 11) is 0. The van der Waals surface area contributed by atoms with Crippen LogP contribution in [-0.2, 0) is 12.8 Å². The van der Waals surface area contributed by atoms with Crippen LogP contribution in [0.25, 0.3) is 21.8 Å². The van der Waals surface area contributed by atoms with E-state index >= 15 is 0 Å². The first-order valence-electron chi connectivity index (χ1n) is 11.2. The third-order valence-corrected chi connectivity index (χ3v) is 6.49. The summed E-state index contributed by atoms with van der Waals surface area (Å²) >= 11 is 0. The van der Waals surface area contributed by atoms with Crippen LogP contribution in [0.15, 0.2) is 55.2 Å². The van der Waals surface area contributed by atoms with E-state index in [4.69, 9.17) is 0 Å². The van der Waals surface area contributed by atoms with Crippen LogP contribution in [0, 0.1) is 0 Å². The van der Waals surface area contributed by atoms with Crippen molar-refractivity contribution in [2.75, 3.05) is 37.6 Å². The zero-order valence-corrected chi connectivity index (χ0v) is 17.9. The van der Waals surface area contributed by atoms with E-state index in [1.54, 1.807) is 6.33 Å². The van der Waals surface area contributed by atoms with Gasteiger partial charge in [-0.1, -0.05) is 6.07 Å². The molecule has 0 saturated carbocycles. The molecule has 0 amide bonds. The Bertz CT molecular complexity index is 1320. The molecule has 4 aromatic heterocycles. The quantitative estimate of drug-likeness (QED) is 0.388. The lowest BCUT2D eigenvalue weighted by Crippen LogP contribution is -2.47. The van der Waals surface area contributed by atoms with E-state index in [-0.39, 0.29) is 0 Å². The number of fused-ring (bicyclic) bond motifs is 2. The Morgan fingerprint density at radius 1 is 0.906 bits per heavy atom. The fourth-order valence-electron chi connectivity index (χ4n) is 4.73. The summed E-state index contributed by atoms with van der Waals surface area (Å²) in [5, 5.41) is 9.48. The first-order chi connectivity index (χ1) is 15.8. The number of aromatic nitrogens is 6. The highest BCUT2D eigenvalue weighted by Gasteiger charge is 2.20. The van der Waals surface area contributed by atoms with Crippen LogP contribution < -0.4 is 4.90 Å². The number of benzene rings is 1. The van der Waals surface area contributed by atoms with E-state index < -0.39 is 0 Å². The van der Waals surface area contributed by atoms with Crippen molar-refractivity contribution in [1.29, 1.82) is 0 Å². The van der Waals surface area contributed by atoms with Gasteiger partial charge in [-0.3, -0.25) is 10.00 Å². The summed E-state index contributed by atoms with van der Waals surface area (Å²) < 4.78 is 0. The number of rotatable bonds is 6. The topological polar surface area (TPSA) is 92.5 Å². The van der Waals surface area contributed by atoms with Crippen LogP contribution >= 0.6 is 0 Å². The van der Waals surface area contributed by atoms with Gasteiger partial charge in [-0.15, -0.1) is 0 Å². The van der Waals surface area contributed by atoms with Gasteiger partial charge in [0.1, 0.15) is 12.1 Å². The minimum atomic E-state index is 0.744. The number of hydrogen-bond donors (Lipinski definition) is 3. The lowest BCUT2D eigenvalue weighted by molar-refractivity contribution is 0.261. The number of pyridine rings is 1. The lowest BCUT2D eigenvalue weighted by Gasteiger charge is -2.35. The Hall–Kier alpha value is -3.65. The number of piperazine rings is 1. The van der Waals surface area contributed by atoms with Crippen molar-refractivity contribution >= 4 is 27.6 Å². The number of nitrogens with zero attached hydrogens (tertiary/aromatic N) is 5. The smallest absolute Gasteiger partial charge is 0.154 e. The summed E-state index contributed by atoms with van der Waals surface area (Å²) in [5.41, 5.74) is 4.95. The van der Waals surface area contributed by atoms with Crippen LogP contribution in [0.4, 0.5) is 5.82 Å². The van der Waals surface area contributed by atoms with Crippen molar-refractivity contribution in [2.24, 2.45) is 0 Å². The molecule has 6 rings (SSSR count). The normalized spacial score (nSPS) is 15.2. The molecule has 0 radical (unpaired) electrons. The molecule has 1 saturated heterocycles. The number of nitrogens with one attached hydrogen (secondary N) is 3. The average Bonchev–Trinajstić information content (AvgIpc) is 3.59. The highest BCUT2D eigenvalue weighted by atomic mass is 15.3. The van der Waals surface area contributed by atoms with Gasteiger partial charge in [0.05, 0.1) is 5.52 Å².